The van der Waals surface area contributed by atoms with Crippen molar-refractivity contribution in [2.45, 2.75) is 19.8 Å². The monoisotopic (exact) mass is 274 g/mol. The molecule has 0 fully saturated rings. The fourth-order valence-corrected chi connectivity index (χ4v) is 2.80. The number of carbonyl (C=O) groups is 1. The highest BCUT2D eigenvalue weighted by Gasteiger charge is 2.16. The number of ketones is 1. The molecule has 104 valence electrons. The van der Waals surface area contributed by atoms with E-state index in [0.717, 1.165) is 40.3 Å². The zero-order valence-electron chi connectivity index (χ0n) is 12.2. The van der Waals surface area contributed by atoms with Gasteiger partial charge in [-0.1, -0.05) is 80.1 Å². The lowest BCUT2D eigenvalue weighted by Crippen LogP contribution is -2.06. The second kappa shape index (κ2) is 5.92. The normalized spacial score (nSPS) is 10.7. The molecular weight excluding hydrogens is 256 g/mol. The summed E-state index contributed by atoms with van der Waals surface area (Å²) in [6.07, 6.45) is 1.96. The largest absolute Gasteiger partial charge is 0.289 e. The van der Waals surface area contributed by atoms with Crippen molar-refractivity contribution in [2.24, 2.45) is 0 Å². The smallest absolute Gasteiger partial charge is 0.193 e. The number of hydrogen-bond acceptors (Lipinski definition) is 1. The molecule has 0 aromatic heterocycles. The Morgan fingerprint density at radius 1 is 0.857 bits per heavy atom. The standard InChI is InChI=1S/C20H18O/c1-2-8-16-14-13-15-9-6-7-12-18(15)19(16)20(21)17-10-4-3-5-11-17/h3-7,9-14H,2,8H2,1H3. The summed E-state index contributed by atoms with van der Waals surface area (Å²) < 4.78 is 0. The van der Waals surface area contributed by atoms with Gasteiger partial charge in [-0.2, -0.15) is 0 Å². The molecule has 3 aromatic carbocycles. The summed E-state index contributed by atoms with van der Waals surface area (Å²) in [5, 5.41) is 2.17. The first-order chi connectivity index (χ1) is 10.3. The van der Waals surface area contributed by atoms with E-state index < -0.39 is 0 Å². The van der Waals surface area contributed by atoms with Crippen molar-refractivity contribution in [3.8, 4) is 0 Å². The molecule has 0 N–H and O–H groups in total. The average Bonchev–Trinajstić information content (AvgIpc) is 2.55. The van der Waals surface area contributed by atoms with Crippen molar-refractivity contribution >= 4 is 16.6 Å². The van der Waals surface area contributed by atoms with Crippen LogP contribution in [0, 0.1) is 0 Å². The lowest BCUT2D eigenvalue weighted by molar-refractivity contribution is 0.103. The van der Waals surface area contributed by atoms with E-state index in [1.165, 1.54) is 0 Å². The van der Waals surface area contributed by atoms with Crippen LogP contribution in [-0.4, -0.2) is 5.78 Å². The molecule has 0 amide bonds. The minimum Gasteiger partial charge on any atom is -0.289 e. The summed E-state index contributed by atoms with van der Waals surface area (Å²) in [5.74, 6) is 0.121. The van der Waals surface area contributed by atoms with Gasteiger partial charge in [-0.15, -0.1) is 0 Å². The van der Waals surface area contributed by atoms with Gasteiger partial charge in [0.25, 0.3) is 0 Å². The van der Waals surface area contributed by atoms with Gasteiger partial charge < -0.3 is 0 Å². The van der Waals surface area contributed by atoms with E-state index in [2.05, 4.69) is 25.1 Å². The van der Waals surface area contributed by atoms with Crippen molar-refractivity contribution in [1.82, 2.24) is 0 Å². The van der Waals surface area contributed by atoms with Crippen molar-refractivity contribution < 1.29 is 4.79 Å². The predicted molar refractivity (Wildman–Crippen MR) is 87.8 cm³/mol. The number of hydrogen-bond donors (Lipinski definition) is 0. The van der Waals surface area contributed by atoms with Gasteiger partial charge in [0.15, 0.2) is 5.78 Å². The van der Waals surface area contributed by atoms with Crippen LogP contribution in [0.15, 0.2) is 66.7 Å². The van der Waals surface area contributed by atoms with Crippen molar-refractivity contribution in [3.05, 3.63) is 83.4 Å². The van der Waals surface area contributed by atoms with Crippen LogP contribution in [0.5, 0.6) is 0 Å². The molecule has 0 aliphatic rings. The summed E-state index contributed by atoms with van der Waals surface area (Å²) in [6, 6.07) is 21.9. The second-order valence-corrected chi connectivity index (χ2v) is 5.27. The summed E-state index contributed by atoms with van der Waals surface area (Å²) in [5.41, 5.74) is 2.76. The maximum absolute atomic E-state index is 13.0. The van der Waals surface area contributed by atoms with E-state index in [1.807, 2.05) is 48.5 Å². The van der Waals surface area contributed by atoms with Crippen molar-refractivity contribution in [2.75, 3.05) is 0 Å². The van der Waals surface area contributed by atoms with E-state index in [1.54, 1.807) is 0 Å². The Labute approximate surface area is 125 Å². The molecule has 0 aliphatic heterocycles. The van der Waals surface area contributed by atoms with Gasteiger partial charge in [-0.3, -0.25) is 4.79 Å². The first-order valence-corrected chi connectivity index (χ1v) is 7.41. The van der Waals surface area contributed by atoms with Gasteiger partial charge >= 0.3 is 0 Å². The summed E-state index contributed by atoms with van der Waals surface area (Å²) in [6.45, 7) is 2.14. The SMILES string of the molecule is CCCc1ccc2ccccc2c1C(=O)c1ccccc1. The third kappa shape index (κ3) is 2.59. The molecular formula is C20H18O. The molecule has 1 heteroatoms. The van der Waals surface area contributed by atoms with Crippen LogP contribution in [0.4, 0.5) is 0 Å². The first-order valence-electron chi connectivity index (χ1n) is 7.41. The zero-order chi connectivity index (χ0) is 14.7. The van der Waals surface area contributed by atoms with E-state index >= 15 is 0 Å². The average molecular weight is 274 g/mol. The number of fused-ring (bicyclic) bond motifs is 1. The molecule has 0 saturated carbocycles. The summed E-state index contributed by atoms with van der Waals surface area (Å²) in [7, 11) is 0. The molecule has 3 aromatic rings. The Kier molecular flexibility index (Phi) is 3.83. The molecule has 0 radical (unpaired) electrons. The molecule has 0 atom stereocenters. The van der Waals surface area contributed by atoms with Crippen molar-refractivity contribution in [1.29, 1.82) is 0 Å². The Morgan fingerprint density at radius 2 is 1.57 bits per heavy atom. The quantitative estimate of drug-likeness (QED) is 0.610. The maximum Gasteiger partial charge on any atom is 0.193 e. The molecule has 0 saturated heterocycles. The zero-order valence-corrected chi connectivity index (χ0v) is 12.2. The third-order valence-corrected chi connectivity index (χ3v) is 3.80. The first kappa shape index (κ1) is 13.6. The highest BCUT2D eigenvalue weighted by molar-refractivity contribution is 6.17. The van der Waals surface area contributed by atoms with E-state index in [4.69, 9.17) is 0 Å². The maximum atomic E-state index is 13.0. The number of benzene rings is 3. The van der Waals surface area contributed by atoms with Crippen molar-refractivity contribution in [3.63, 3.8) is 0 Å². The molecule has 3 rings (SSSR count). The van der Waals surface area contributed by atoms with Crippen LogP contribution in [0.25, 0.3) is 10.8 Å². The minimum absolute atomic E-state index is 0.121. The Bertz CT molecular complexity index is 772. The van der Waals surface area contributed by atoms with Crippen LogP contribution >= 0.6 is 0 Å². The molecule has 21 heavy (non-hydrogen) atoms. The summed E-state index contributed by atoms with van der Waals surface area (Å²) >= 11 is 0. The number of aryl methyl sites for hydroxylation is 1. The van der Waals surface area contributed by atoms with E-state index in [-0.39, 0.29) is 5.78 Å². The van der Waals surface area contributed by atoms with Crippen LogP contribution in [0.1, 0.15) is 34.8 Å². The van der Waals surface area contributed by atoms with E-state index in [9.17, 15) is 4.79 Å². The van der Waals surface area contributed by atoms with Gasteiger partial charge in [-0.05, 0) is 22.8 Å². The van der Waals surface area contributed by atoms with Gasteiger partial charge in [0.05, 0.1) is 0 Å². The molecule has 0 unspecified atom stereocenters. The Hall–Kier alpha value is -2.41. The fraction of sp³-hybridized carbons (Fsp3) is 0.150. The lowest BCUT2D eigenvalue weighted by Gasteiger charge is -2.12. The predicted octanol–water partition coefficient (Wildman–Crippen LogP) is 5.02. The molecule has 0 spiro atoms. The molecule has 1 nitrogen and oxygen atoms in total. The van der Waals surface area contributed by atoms with Crippen LogP contribution in [0.2, 0.25) is 0 Å². The Morgan fingerprint density at radius 3 is 2.33 bits per heavy atom. The van der Waals surface area contributed by atoms with Gasteiger partial charge in [0.1, 0.15) is 0 Å². The van der Waals surface area contributed by atoms with Gasteiger partial charge in [0, 0.05) is 11.1 Å². The Balaban J connectivity index is 2.23. The van der Waals surface area contributed by atoms with Crippen LogP contribution in [-0.2, 0) is 6.42 Å². The highest BCUT2D eigenvalue weighted by atomic mass is 16.1. The lowest BCUT2D eigenvalue weighted by atomic mass is 9.91. The van der Waals surface area contributed by atoms with Gasteiger partial charge in [0.2, 0.25) is 0 Å². The minimum atomic E-state index is 0.121. The topological polar surface area (TPSA) is 17.1 Å². The van der Waals surface area contributed by atoms with Crippen LogP contribution < -0.4 is 0 Å². The third-order valence-electron chi connectivity index (χ3n) is 3.80. The molecule has 0 heterocycles. The fourth-order valence-electron chi connectivity index (χ4n) is 2.80. The molecule has 0 bridgehead atoms. The van der Waals surface area contributed by atoms with E-state index in [0.29, 0.717) is 0 Å². The second-order valence-electron chi connectivity index (χ2n) is 5.27. The number of rotatable bonds is 4. The van der Waals surface area contributed by atoms with Gasteiger partial charge in [-0.25, -0.2) is 0 Å². The number of carbonyl (C=O) groups excluding carboxylic acids is 1. The van der Waals surface area contributed by atoms with Crippen LogP contribution in [0.3, 0.4) is 0 Å². The highest BCUT2D eigenvalue weighted by Crippen LogP contribution is 2.26. The summed E-state index contributed by atoms with van der Waals surface area (Å²) in [4.78, 5) is 13.0. The molecule has 0 aliphatic carbocycles.